The zero-order chi connectivity index (χ0) is 17.6. The third-order valence-corrected chi connectivity index (χ3v) is 3.51. The summed E-state index contributed by atoms with van der Waals surface area (Å²) in [4.78, 5) is 20.1. The molecule has 0 aliphatic carbocycles. The Hall–Kier alpha value is -3.48. The first-order valence-electron chi connectivity index (χ1n) is 7.55. The fourth-order valence-corrected chi connectivity index (χ4v) is 2.22. The van der Waals surface area contributed by atoms with Crippen LogP contribution in [-0.2, 0) is 11.4 Å². The number of hydrogen-bond donors (Lipinski definition) is 0. The van der Waals surface area contributed by atoms with Gasteiger partial charge in [0.1, 0.15) is 11.5 Å². The van der Waals surface area contributed by atoms with Crippen LogP contribution < -0.4 is 0 Å². The Morgan fingerprint density at radius 3 is 2.68 bits per heavy atom. The fourth-order valence-electron chi connectivity index (χ4n) is 2.22. The van der Waals surface area contributed by atoms with Crippen LogP contribution in [0.25, 0.3) is 11.5 Å². The van der Waals surface area contributed by atoms with E-state index in [2.05, 4.69) is 10.1 Å². The van der Waals surface area contributed by atoms with Gasteiger partial charge in [-0.3, -0.25) is 10.1 Å². The predicted octanol–water partition coefficient (Wildman–Crippen LogP) is 4.11. The van der Waals surface area contributed by atoms with Crippen molar-refractivity contribution in [3.05, 3.63) is 81.7 Å². The molecule has 0 amide bonds. The van der Waals surface area contributed by atoms with Gasteiger partial charge in [0.15, 0.2) is 6.61 Å². The minimum Gasteiger partial charge on any atom is -0.441 e. The molecule has 0 aliphatic heterocycles. The number of oxazole rings is 1. The van der Waals surface area contributed by atoms with Crippen LogP contribution in [0.2, 0.25) is 0 Å². The molecular formula is C18H15N3O4. The van der Waals surface area contributed by atoms with Gasteiger partial charge in [-0.25, -0.2) is 4.98 Å². The van der Waals surface area contributed by atoms with Crippen LogP contribution >= 0.6 is 0 Å². The Bertz CT molecular complexity index is 904. The van der Waals surface area contributed by atoms with Crippen LogP contribution in [0.4, 0.5) is 5.69 Å². The minimum absolute atomic E-state index is 0.0289. The third-order valence-electron chi connectivity index (χ3n) is 3.51. The van der Waals surface area contributed by atoms with E-state index in [9.17, 15) is 10.1 Å². The number of oxime groups is 1. The monoisotopic (exact) mass is 337 g/mol. The molecule has 0 bridgehead atoms. The van der Waals surface area contributed by atoms with Crippen LogP contribution in [0.5, 0.6) is 0 Å². The van der Waals surface area contributed by atoms with Crippen molar-refractivity contribution in [3.8, 4) is 11.5 Å². The maximum absolute atomic E-state index is 10.9. The highest BCUT2D eigenvalue weighted by molar-refractivity contribution is 5.84. The van der Waals surface area contributed by atoms with Gasteiger partial charge in [-0.15, -0.1) is 0 Å². The van der Waals surface area contributed by atoms with Crippen molar-refractivity contribution in [3.63, 3.8) is 0 Å². The third kappa shape index (κ3) is 3.89. The summed E-state index contributed by atoms with van der Waals surface area (Å²) < 4.78 is 5.63. The molecule has 0 aliphatic rings. The Morgan fingerprint density at radius 1 is 1.20 bits per heavy atom. The van der Waals surface area contributed by atoms with Gasteiger partial charge in [-0.05, 0) is 25.1 Å². The highest BCUT2D eigenvalue weighted by Crippen LogP contribution is 2.22. The van der Waals surface area contributed by atoms with Crippen molar-refractivity contribution in [2.24, 2.45) is 5.16 Å². The molecular weight excluding hydrogens is 322 g/mol. The average molecular weight is 337 g/mol. The van der Waals surface area contributed by atoms with E-state index in [1.54, 1.807) is 25.1 Å². The first-order chi connectivity index (χ1) is 12.1. The van der Waals surface area contributed by atoms with Crippen molar-refractivity contribution in [1.29, 1.82) is 0 Å². The summed E-state index contributed by atoms with van der Waals surface area (Å²) in [5.74, 6) is 1.15. The molecule has 25 heavy (non-hydrogen) atoms. The Balaban J connectivity index is 1.67. The number of rotatable bonds is 6. The van der Waals surface area contributed by atoms with Crippen LogP contribution in [0.3, 0.4) is 0 Å². The van der Waals surface area contributed by atoms with E-state index in [-0.39, 0.29) is 12.3 Å². The summed E-state index contributed by atoms with van der Waals surface area (Å²) in [5.41, 5.74) is 1.84. The van der Waals surface area contributed by atoms with Gasteiger partial charge in [-0.1, -0.05) is 35.5 Å². The Morgan fingerprint density at radius 2 is 1.92 bits per heavy atom. The van der Waals surface area contributed by atoms with Crippen molar-refractivity contribution in [2.45, 2.75) is 13.5 Å². The molecule has 0 unspecified atom stereocenters. The number of benzene rings is 2. The molecule has 7 nitrogen and oxygen atoms in total. The lowest BCUT2D eigenvalue weighted by Gasteiger charge is -1.97. The zero-order valence-corrected chi connectivity index (χ0v) is 13.5. The molecule has 0 saturated heterocycles. The van der Waals surface area contributed by atoms with Crippen LogP contribution in [0.15, 0.2) is 64.2 Å². The molecule has 7 heteroatoms. The van der Waals surface area contributed by atoms with Gasteiger partial charge >= 0.3 is 0 Å². The zero-order valence-electron chi connectivity index (χ0n) is 13.5. The van der Waals surface area contributed by atoms with Crippen molar-refractivity contribution in [2.75, 3.05) is 0 Å². The topological polar surface area (TPSA) is 90.8 Å². The largest absolute Gasteiger partial charge is 0.441 e. The van der Waals surface area contributed by atoms with Gasteiger partial charge in [0.2, 0.25) is 5.89 Å². The first-order valence-corrected chi connectivity index (χ1v) is 7.55. The second-order valence-corrected chi connectivity index (χ2v) is 5.21. The summed E-state index contributed by atoms with van der Waals surface area (Å²) in [6, 6.07) is 15.8. The quantitative estimate of drug-likeness (QED) is 0.383. The number of para-hydroxylation sites is 1. The van der Waals surface area contributed by atoms with E-state index in [0.717, 1.165) is 5.56 Å². The molecule has 1 heterocycles. The summed E-state index contributed by atoms with van der Waals surface area (Å²) in [6.07, 6.45) is 1.31. The summed E-state index contributed by atoms with van der Waals surface area (Å²) >= 11 is 0. The van der Waals surface area contributed by atoms with E-state index in [1.165, 1.54) is 12.3 Å². The number of hydrogen-bond acceptors (Lipinski definition) is 6. The molecule has 3 aromatic rings. The smallest absolute Gasteiger partial charge is 0.278 e. The SMILES string of the molecule is Cc1oc(-c2ccccc2)nc1CO/N=C/c1ccccc1[N+](=O)[O-]. The summed E-state index contributed by atoms with van der Waals surface area (Å²) in [5, 5.41) is 14.7. The molecule has 0 fully saturated rings. The molecule has 1 aromatic heterocycles. The van der Waals surface area contributed by atoms with E-state index >= 15 is 0 Å². The molecule has 126 valence electrons. The maximum Gasteiger partial charge on any atom is 0.278 e. The number of aromatic nitrogens is 1. The van der Waals surface area contributed by atoms with Crippen LogP contribution in [0, 0.1) is 17.0 Å². The van der Waals surface area contributed by atoms with Gasteiger partial charge < -0.3 is 9.25 Å². The molecule has 0 N–H and O–H groups in total. The second-order valence-electron chi connectivity index (χ2n) is 5.21. The minimum atomic E-state index is -0.463. The molecule has 3 rings (SSSR count). The van der Waals surface area contributed by atoms with E-state index < -0.39 is 4.92 Å². The highest BCUT2D eigenvalue weighted by Gasteiger charge is 2.12. The van der Waals surface area contributed by atoms with E-state index in [0.29, 0.717) is 22.9 Å². The average Bonchev–Trinajstić information content (AvgIpc) is 3.00. The van der Waals surface area contributed by atoms with E-state index in [1.807, 2.05) is 30.3 Å². The first kappa shape index (κ1) is 16.4. The standard InChI is InChI=1S/C18H15N3O4/c1-13-16(20-18(25-13)14-7-3-2-4-8-14)12-24-19-11-15-9-5-6-10-17(15)21(22)23/h2-11H,12H2,1H3/b19-11+. The summed E-state index contributed by atoms with van der Waals surface area (Å²) in [7, 11) is 0. The normalized spacial score (nSPS) is 10.9. The number of nitro benzene ring substituents is 1. The number of nitro groups is 1. The molecule has 0 atom stereocenters. The van der Waals surface area contributed by atoms with Crippen molar-refractivity contribution in [1.82, 2.24) is 4.98 Å². The highest BCUT2D eigenvalue weighted by atomic mass is 16.6. The van der Waals surface area contributed by atoms with E-state index in [4.69, 9.17) is 9.25 Å². The number of nitrogens with zero attached hydrogens (tertiary/aromatic N) is 3. The van der Waals surface area contributed by atoms with Gasteiger partial charge in [-0.2, -0.15) is 0 Å². The number of aryl methyl sites for hydroxylation is 1. The van der Waals surface area contributed by atoms with Gasteiger partial charge in [0, 0.05) is 11.6 Å². The second kappa shape index (κ2) is 7.39. The lowest BCUT2D eigenvalue weighted by atomic mass is 10.2. The summed E-state index contributed by atoms with van der Waals surface area (Å²) in [6.45, 7) is 1.91. The van der Waals surface area contributed by atoms with Crippen molar-refractivity contribution < 1.29 is 14.2 Å². The predicted molar refractivity (Wildman–Crippen MR) is 92.2 cm³/mol. The fraction of sp³-hybridized carbons (Fsp3) is 0.111. The Kier molecular flexibility index (Phi) is 4.84. The van der Waals surface area contributed by atoms with Gasteiger partial charge in [0.05, 0.1) is 16.7 Å². The lowest BCUT2D eigenvalue weighted by Crippen LogP contribution is -1.95. The lowest BCUT2D eigenvalue weighted by molar-refractivity contribution is -0.385. The van der Waals surface area contributed by atoms with Crippen molar-refractivity contribution >= 4 is 11.9 Å². The maximum atomic E-state index is 10.9. The Labute approximate surface area is 143 Å². The molecule has 0 radical (unpaired) electrons. The molecule has 0 spiro atoms. The van der Waals surface area contributed by atoms with Crippen LogP contribution in [-0.4, -0.2) is 16.1 Å². The van der Waals surface area contributed by atoms with Gasteiger partial charge in [0.25, 0.3) is 5.69 Å². The van der Waals surface area contributed by atoms with Crippen LogP contribution in [0.1, 0.15) is 17.0 Å². The molecule has 0 saturated carbocycles. The molecule has 2 aromatic carbocycles.